The molecule has 1 aromatic rings. The topological polar surface area (TPSA) is 119 Å². The van der Waals surface area contributed by atoms with Gasteiger partial charge in [-0.2, -0.15) is 4.21 Å². The van der Waals surface area contributed by atoms with Gasteiger partial charge in [0.05, 0.1) is 12.5 Å². The number of carboxylic acids is 1. The zero-order valence-electron chi connectivity index (χ0n) is 10.0. The molecule has 19 heavy (non-hydrogen) atoms. The maximum atomic E-state index is 10.8. The summed E-state index contributed by atoms with van der Waals surface area (Å²) in [7, 11) is -1.23. The summed E-state index contributed by atoms with van der Waals surface area (Å²) in [6, 6.07) is 3.01. The summed E-state index contributed by atoms with van der Waals surface area (Å²) in [5, 5.41) is 23.6. The number of aliphatic carboxylic acids is 1. The molecule has 0 spiro atoms. The summed E-state index contributed by atoms with van der Waals surface area (Å²) in [6.45, 7) is 1.72. The number of aryl methyl sites for hydroxylation is 1. The predicted octanol–water partition coefficient (Wildman–Crippen LogP) is -0.855. The molecule has 1 aromatic carbocycles. The highest BCUT2D eigenvalue weighted by atomic mass is 32.2. The van der Waals surface area contributed by atoms with Crippen LogP contribution in [-0.4, -0.2) is 27.4 Å². The van der Waals surface area contributed by atoms with Crippen molar-refractivity contribution in [3.8, 4) is 5.75 Å². The fourth-order valence-electron chi connectivity index (χ4n) is 2.18. The lowest BCUT2D eigenvalue weighted by molar-refractivity contribution is -0.138. The summed E-state index contributed by atoms with van der Waals surface area (Å²) in [5.41, 5.74) is 1.71. The molecule has 1 aliphatic rings. The highest BCUT2D eigenvalue weighted by Gasteiger charge is 2.37. The molecular weight excluding hydrogens is 273 g/mol. The summed E-state index contributed by atoms with van der Waals surface area (Å²) in [4.78, 5) is 10.8. The molecule has 0 bridgehead atoms. The standard InChI is InChI=1S/C10H12BNO6S/c1-5-2-6(18-19(12)16)3-7-10(5)8(4-9(13)14)17-11(7)15/h2-3,8,15H,4,12H2,1H3,(H,13,14). The number of carboxylic acid groups (broad SMARTS) is 1. The van der Waals surface area contributed by atoms with E-state index in [4.69, 9.17) is 19.1 Å². The Balaban J connectivity index is 2.39. The zero-order valence-corrected chi connectivity index (χ0v) is 10.8. The van der Waals surface area contributed by atoms with Gasteiger partial charge in [0, 0.05) is 0 Å². The van der Waals surface area contributed by atoms with E-state index in [0.29, 0.717) is 16.6 Å². The van der Waals surface area contributed by atoms with E-state index in [9.17, 15) is 14.0 Å². The molecule has 0 aliphatic carbocycles. The largest absolute Gasteiger partial charge is 0.492 e. The quantitative estimate of drug-likeness (QED) is 0.620. The molecule has 0 aromatic heterocycles. The maximum Gasteiger partial charge on any atom is 0.492 e. The SMILES string of the molecule is Cc1cc(OS(N)=O)cc2c1C(CC(=O)O)OB2O. The smallest absolute Gasteiger partial charge is 0.481 e. The minimum Gasteiger partial charge on any atom is -0.481 e. The van der Waals surface area contributed by atoms with Gasteiger partial charge in [0.15, 0.2) is 0 Å². The van der Waals surface area contributed by atoms with Crippen LogP contribution in [0, 0.1) is 6.92 Å². The lowest BCUT2D eigenvalue weighted by Gasteiger charge is -2.12. The van der Waals surface area contributed by atoms with Crippen molar-refractivity contribution in [2.45, 2.75) is 19.4 Å². The van der Waals surface area contributed by atoms with Crippen molar-refractivity contribution < 1.29 is 28.0 Å². The Hall–Kier alpha value is -1.42. The van der Waals surface area contributed by atoms with Crippen molar-refractivity contribution in [1.82, 2.24) is 0 Å². The molecule has 2 rings (SSSR count). The third-order valence-corrected chi connectivity index (χ3v) is 3.17. The van der Waals surface area contributed by atoms with Gasteiger partial charge in [-0.15, -0.1) is 0 Å². The van der Waals surface area contributed by atoms with Crippen LogP contribution in [0.25, 0.3) is 0 Å². The molecule has 1 heterocycles. The van der Waals surface area contributed by atoms with Crippen molar-refractivity contribution in [2.24, 2.45) is 5.14 Å². The second-order valence-electron chi connectivity index (χ2n) is 4.16. The Morgan fingerprint density at radius 2 is 2.32 bits per heavy atom. The molecule has 0 saturated carbocycles. The van der Waals surface area contributed by atoms with Crippen molar-refractivity contribution >= 4 is 29.8 Å². The first-order valence-electron chi connectivity index (χ1n) is 5.42. The minimum absolute atomic E-state index is 0.232. The Labute approximate surface area is 112 Å². The van der Waals surface area contributed by atoms with Gasteiger partial charge in [-0.3, -0.25) is 4.79 Å². The molecule has 9 heteroatoms. The molecule has 2 atom stereocenters. The summed E-state index contributed by atoms with van der Waals surface area (Å²) < 4.78 is 20.9. The highest BCUT2D eigenvalue weighted by molar-refractivity contribution is 7.78. The van der Waals surface area contributed by atoms with E-state index >= 15 is 0 Å². The van der Waals surface area contributed by atoms with Gasteiger partial charge >= 0.3 is 13.1 Å². The van der Waals surface area contributed by atoms with E-state index in [1.54, 1.807) is 13.0 Å². The number of benzene rings is 1. The van der Waals surface area contributed by atoms with Crippen LogP contribution in [0.1, 0.15) is 23.7 Å². The second-order valence-corrected chi connectivity index (χ2v) is 4.85. The van der Waals surface area contributed by atoms with E-state index in [-0.39, 0.29) is 12.2 Å². The van der Waals surface area contributed by atoms with Gasteiger partial charge in [-0.1, -0.05) is 0 Å². The second kappa shape index (κ2) is 5.29. The Morgan fingerprint density at radius 1 is 1.63 bits per heavy atom. The van der Waals surface area contributed by atoms with E-state index in [1.165, 1.54) is 6.07 Å². The predicted molar refractivity (Wildman–Crippen MR) is 67.8 cm³/mol. The van der Waals surface area contributed by atoms with Crippen LogP contribution in [0.2, 0.25) is 0 Å². The fraction of sp³-hybridized carbons (Fsp3) is 0.300. The Morgan fingerprint density at radius 3 is 2.89 bits per heavy atom. The van der Waals surface area contributed by atoms with Gasteiger partial charge in [0.25, 0.3) is 11.3 Å². The van der Waals surface area contributed by atoms with Crippen LogP contribution >= 0.6 is 0 Å². The van der Waals surface area contributed by atoms with Gasteiger partial charge in [-0.05, 0) is 35.6 Å². The lowest BCUT2D eigenvalue weighted by Crippen LogP contribution is -2.28. The Kier molecular flexibility index (Phi) is 3.90. The van der Waals surface area contributed by atoms with Gasteiger partial charge in [0.1, 0.15) is 5.75 Å². The molecule has 1 aliphatic heterocycles. The molecular formula is C10H12BNO6S. The van der Waals surface area contributed by atoms with E-state index in [0.717, 1.165) is 0 Å². The first-order valence-corrected chi connectivity index (χ1v) is 6.56. The van der Waals surface area contributed by atoms with Crippen molar-refractivity contribution in [3.63, 3.8) is 0 Å². The van der Waals surface area contributed by atoms with Crippen LogP contribution < -0.4 is 14.8 Å². The number of rotatable bonds is 4. The number of fused-ring (bicyclic) bond motifs is 1. The molecule has 7 nitrogen and oxygen atoms in total. The first kappa shape index (κ1) is 14.0. The summed E-state index contributed by atoms with van der Waals surface area (Å²) in [5.74, 6) is -0.788. The third kappa shape index (κ3) is 2.95. The molecule has 4 N–H and O–H groups in total. The van der Waals surface area contributed by atoms with Crippen molar-refractivity contribution in [2.75, 3.05) is 0 Å². The number of nitrogens with two attached hydrogens (primary N) is 1. The number of hydrogen-bond donors (Lipinski definition) is 3. The summed E-state index contributed by atoms with van der Waals surface area (Å²) >= 11 is -1.97. The monoisotopic (exact) mass is 285 g/mol. The highest BCUT2D eigenvalue weighted by Crippen LogP contribution is 2.31. The Bertz CT molecular complexity index is 551. The fourth-order valence-corrected chi connectivity index (χ4v) is 2.47. The molecule has 0 radical (unpaired) electrons. The van der Waals surface area contributed by atoms with Gasteiger partial charge in [0.2, 0.25) is 0 Å². The van der Waals surface area contributed by atoms with Crippen LogP contribution in [0.5, 0.6) is 5.75 Å². The lowest BCUT2D eigenvalue weighted by atomic mass is 9.77. The van der Waals surface area contributed by atoms with E-state index in [2.05, 4.69) is 0 Å². The van der Waals surface area contributed by atoms with Crippen LogP contribution in [0.4, 0.5) is 0 Å². The average Bonchev–Trinajstić information content (AvgIpc) is 2.54. The van der Waals surface area contributed by atoms with Crippen LogP contribution in [0.3, 0.4) is 0 Å². The number of hydrogen-bond acceptors (Lipinski definition) is 5. The third-order valence-electron chi connectivity index (χ3n) is 2.81. The van der Waals surface area contributed by atoms with Crippen LogP contribution in [0.15, 0.2) is 12.1 Å². The van der Waals surface area contributed by atoms with Crippen molar-refractivity contribution in [1.29, 1.82) is 0 Å². The average molecular weight is 285 g/mol. The molecule has 2 unspecified atom stereocenters. The van der Waals surface area contributed by atoms with Gasteiger partial charge < -0.3 is 19.0 Å². The molecule has 0 amide bonds. The zero-order chi connectivity index (χ0) is 14.2. The molecule has 0 fully saturated rings. The van der Waals surface area contributed by atoms with Crippen LogP contribution in [-0.2, 0) is 20.7 Å². The normalized spacial score (nSPS) is 19.1. The van der Waals surface area contributed by atoms with Gasteiger partial charge in [-0.25, -0.2) is 5.14 Å². The molecule has 102 valence electrons. The van der Waals surface area contributed by atoms with E-state index < -0.39 is 30.5 Å². The first-order chi connectivity index (χ1) is 8.88. The number of carbonyl (C=O) groups is 1. The van der Waals surface area contributed by atoms with Crippen molar-refractivity contribution in [3.05, 3.63) is 23.3 Å². The summed E-state index contributed by atoms with van der Waals surface area (Å²) in [6.07, 6.45) is -0.951. The maximum absolute atomic E-state index is 10.8. The molecule has 0 saturated heterocycles. The minimum atomic E-state index is -1.97. The van der Waals surface area contributed by atoms with E-state index in [1.807, 2.05) is 0 Å².